The zero-order chi connectivity index (χ0) is 22.7. The lowest BCUT2D eigenvalue weighted by Gasteiger charge is -2.35. The Morgan fingerprint density at radius 3 is 1.47 bits per heavy atom. The number of halogens is 4. The van der Waals surface area contributed by atoms with E-state index in [0.717, 1.165) is 38.8 Å². The summed E-state index contributed by atoms with van der Waals surface area (Å²) < 4.78 is 61.0. The highest BCUT2D eigenvalue weighted by molar-refractivity contribution is 5.76. The standard InChI is InChI=1S/C26H30F4N2/c1-31-11-3-5-19(31)13-17-7-9-21-22-10-8-18(14-20-6-4-12-32(20)2)16-24(22)26(29,30)25(27,28)23(21)15-17/h7-10,15-16,19-20H,3-6,11-14H2,1-2H3. The number of likely N-dealkylation sites (tertiary alicyclic amines) is 2. The van der Waals surface area contributed by atoms with Crippen LogP contribution in [0.25, 0.3) is 11.1 Å². The van der Waals surface area contributed by atoms with Crippen LogP contribution in [-0.4, -0.2) is 49.1 Å². The summed E-state index contributed by atoms with van der Waals surface area (Å²) in [5.41, 5.74) is 0.755. The Morgan fingerprint density at radius 2 is 1.12 bits per heavy atom. The molecule has 6 heteroatoms. The van der Waals surface area contributed by atoms with Crippen molar-refractivity contribution in [3.8, 4) is 11.1 Å². The van der Waals surface area contributed by atoms with Gasteiger partial charge in [0.15, 0.2) is 0 Å². The minimum Gasteiger partial charge on any atom is -0.303 e. The number of hydrogen-bond acceptors (Lipinski definition) is 2. The van der Waals surface area contributed by atoms with Gasteiger partial charge in [-0.25, -0.2) is 0 Å². The molecule has 0 amide bonds. The summed E-state index contributed by atoms with van der Waals surface area (Å²) in [6.45, 7) is 1.96. The van der Waals surface area contributed by atoms with Gasteiger partial charge in [0.2, 0.25) is 0 Å². The molecule has 172 valence electrons. The van der Waals surface area contributed by atoms with Crippen LogP contribution in [0.4, 0.5) is 17.6 Å². The summed E-state index contributed by atoms with van der Waals surface area (Å²) in [4.78, 5) is 4.43. The van der Waals surface area contributed by atoms with Gasteiger partial charge in [0.25, 0.3) is 0 Å². The molecule has 0 spiro atoms. The predicted molar refractivity (Wildman–Crippen MR) is 118 cm³/mol. The van der Waals surface area contributed by atoms with Crippen LogP contribution in [0.15, 0.2) is 36.4 Å². The van der Waals surface area contributed by atoms with Gasteiger partial charge in [-0.2, -0.15) is 17.6 Å². The van der Waals surface area contributed by atoms with Crippen molar-refractivity contribution in [1.82, 2.24) is 9.80 Å². The van der Waals surface area contributed by atoms with E-state index in [1.807, 2.05) is 26.2 Å². The largest absolute Gasteiger partial charge is 0.340 e. The molecule has 0 N–H and O–H groups in total. The number of fused-ring (bicyclic) bond motifs is 3. The molecule has 2 fully saturated rings. The average Bonchev–Trinajstić information content (AvgIpc) is 3.35. The molecule has 2 aromatic carbocycles. The van der Waals surface area contributed by atoms with Crippen molar-refractivity contribution in [2.75, 3.05) is 27.2 Å². The fourth-order valence-electron chi connectivity index (χ4n) is 5.78. The lowest BCUT2D eigenvalue weighted by Crippen LogP contribution is -2.39. The first-order valence-electron chi connectivity index (χ1n) is 11.6. The average molecular weight is 447 g/mol. The number of likely N-dealkylation sites (N-methyl/N-ethyl adjacent to an activating group) is 2. The van der Waals surface area contributed by atoms with Crippen LogP contribution in [0.5, 0.6) is 0 Å². The molecule has 2 saturated heterocycles. The lowest BCUT2D eigenvalue weighted by molar-refractivity contribution is -0.225. The summed E-state index contributed by atoms with van der Waals surface area (Å²) >= 11 is 0. The van der Waals surface area contributed by atoms with E-state index in [2.05, 4.69) is 9.80 Å². The highest BCUT2D eigenvalue weighted by Crippen LogP contribution is 2.58. The third-order valence-electron chi connectivity index (χ3n) is 7.81. The number of hydrogen-bond donors (Lipinski definition) is 0. The molecular formula is C26H30F4N2. The van der Waals surface area contributed by atoms with E-state index in [9.17, 15) is 0 Å². The summed E-state index contributed by atoms with van der Waals surface area (Å²) in [5.74, 6) is -8.48. The zero-order valence-electron chi connectivity index (χ0n) is 18.7. The van der Waals surface area contributed by atoms with Crippen molar-refractivity contribution >= 4 is 0 Å². The summed E-state index contributed by atoms with van der Waals surface area (Å²) in [6.07, 6.45) is 5.36. The number of alkyl halides is 4. The van der Waals surface area contributed by atoms with Crippen LogP contribution in [0, 0.1) is 0 Å². The maximum atomic E-state index is 15.3. The van der Waals surface area contributed by atoms with Gasteiger partial charge >= 0.3 is 11.8 Å². The second-order valence-electron chi connectivity index (χ2n) is 9.87. The molecule has 1 aliphatic carbocycles. The Hall–Kier alpha value is -1.92. The maximum absolute atomic E-state index is 15.3. The molecular weight excluding hydrogens is 416 g/mol. The molecule has 2 aliphatic heterocycles. The van der Waals surface area contributed by atoms with Crippen molar-refractivity contribution < 1.29 is 17.6 Å². The molecule has 2 unspecified atom stereocenters. The Morgan fingerprint density at radius 1 is 0.719 bits per heavy atom. The molecule has 32 heavy (non-hydrogen) atoms. The Balaban J connectivity index is 1.52. The van der Waals surface area contributed by atoms with E-state index >= 15 is 17.6 Å². The fourth-order valence-corrected chi connectivity index (χ4v) is 5.78. The third kappa shape index (κ3) is 3.47. The molecule has 2 aromatic rings. The van der Waals surface area contributed by atoms with E-state index in [1.54, 1.807) is 12.1 Å². The molecule has 5 rings (SSSR count). The SMILES string of the molecule is CN1CCCC1Cc1ccc2c(c1)C(F)(F)C(F)(F)c1cc(CC3CCCN3C)ccc1-2. The van der Waals surface area contributed by atoms with Gasteiger partial charge < -0.3 is 9.80 Å². The Bertz CT molecular complexity index is 937. The number of rotatable bonds is 4. The van der Waals surface area contributed by atoms with Gasteiger partial charge in [-0.15, -0.1) is 0 Å². The lowest BCUT2D eigenvalue weighted by atomic mass is 9.78. The van der Waals surface area contributed by atoms with E-state index in [1.165, 1.54) is 12.1 Å². The van der Waals surface area contributed by atoms with Crippen molar-refractivity contribution in [3.05, 3.63) is 58.7 Å². The highest BCUT2D eigenvalue weighted by Gasteiger charge is 2.62. The Kier molecular flexibility index (Phi) is 5.37. The van der Waals surface area contributed by atoms with Gasteiger partial charge in [-0.05, 0) is 100 Å². The van der Waals surface area contributed by atoms with Crippen molar-refractivity contribution in [1.29, 1.82) is 0 Å². The first kappa shape index (κ1) is 21.9. The quantitative estimate of drug-likeness (QED) is 0.546. The highest BCUT2D eigenvalue weighted by atomic mass is 19.3. The van der Waals surface area contributed by atoms with Crippen LogP contribution in [0.3, 0.4) is 0 Å². The molecule has 0 aromatic heterocycles. The Labute approximate surface area is 187 Å². The summed E-state index contributed by atoms with van der Waals surface area (Å²) in [7, 11) is 4.05. The van der Waals surface area contributed by atoms with Gasteiger partial charge in [0, 0.05) is 23.2 Å². The summed E-state index contributed by atoms with van der Waals surface area (Å²) in [6, 6.07) is 10.1. The first-order chi connectivity index (χ1) is 15.2. The van der Waals surface area contributed by atoms with Crippen LogP contribution >= 0.6 is 0 Å². The van der Waals surface area contributed by atoms with E-state index in [4.69, 9.17) is 0 Å². The molecule has 3 aliphatic rings. The van der Waals surface area contributed by atoms with Gasteiger partial charge in [-0.3, -0.25) is 0 Å². The van der Waals surface area contributed by atoms with Crippen LogP contribution < -0.4 is 0 Å². The topological polar surface area (TPSA) is 6.48 Å². The molecule has 2 heterocycles. The smallest absolute Gasteiger partial charge is 0.303 e. The first-order valence-corrected chi connectivity index (χ1v) is 11.6. The van der Waals surface area contributed by atoms with Crippen molar-refractivity contribution in [2.24, 2.45) is 0 Å². The normalized spacial score (nSPS) is 26.8. The van der Waals surface area contributed by atoms with Crippen LogP contribution in [0.1, 0.15) is 47.9 Å². The van der Waals surface area contributed by atoms with E-state index in [-0.39, 0.29) is 23.2 Å². The predicted octanol–water partition coefficient (Wildman–Crippen LogP) is 5.82. The molecule has 0 saturated carbocycles. The van der Waals surface area contributed by atoms with Gasteiger partial charge in [0.05, 0.1) is 0 Å². The molecule has 2 atom stereocenters. The maximum Gasteiger partial charge on any atom is 0.340 e. The minimum absolute atomic E-state index is 0.226. The zero-order valence-corrected chi connectivity index (χ0v) is 18.7. The third-order valence-corrected chi connectivity index (χ3v) is 7.81. The molecule has 2 nitrogen and oxygen atoms in total. The number of benzene rings is 2. The van der Waals surface area contributed by atoms with Gasteiger partial charge in [0.1, 0.15) is 0 Å². The van der Waals surface area contributed by atoms with Gasteiger partial charge in [-0.1, -0.05) is 24.3 Å². The molecule has 0 bridgehead atoms. The monoisotopic (exact) mass is 446 g/mol. The van der Waals surface area contributed by atoms with Crippen LogP contribution in [0.2, 0.25) is 0 Å². The minimum atomic E-state index is -4.24. The van der Waals surface area contributed by atoms with E-state index in [0.29, 0.717) is 24.0 Å². The number of nitrogens with zero attached hydrogens (tertiary/aromatic N) is 2. The fraction of sp³-hybridized carbons (Fsp3) is 0.538. The van der Waals surface area contributed by atoms with Crippen LogP contribution in [-0.2, 0) is 24.7 Å². The van der Waals surface area contributed by atoms with Crippen molar-refractivity contribution in [3.63, 3.8) is 0 Å². The molecule has 0 radical (unpaired) electrons. The van der Waals surface area contributed by atoms with Crippen molar-refractivity contribution in [2.45, 2.75) is 62.5 Å². The second-order valence-corrected chi connectivity index (χ2v) is 9.87. The van der Waals surface area contributed by atoms with E-state index < -0.39 is 23.0 Å². The summed E-state index contributed by atoms with van der Waals surface area (Å²) in [5, 5.41) is 0. The second kappa shape index (κ2) is 7.84.